The number of ether oxygens (including phenoxy) is 1. The largest absolute Gasteiger partial charge is 0.378 e. The van der Waals surface area contributed by atoms with Gasteiger partial charge in [-0.05, 0) is 37.8 Å². The molecule has 7 heteroatoms. The number of nitrogens with one attached hydrogen (secondary N) is 2. The smallest absolute Gasteiger partial charge is 0.255 e. The molecule has 1 aliphatic heterocycles. The maximum Gasteiger partial charge on any atom is 0.255 e. The molecule has 0 saturated carbocycles. The van der Waals surface area contributed by atoms with E-state index in [9.17, 15) is 9.59 Å². The van der Waals surface area contributed by atoms with Crippen LogP contribution in [0.3, 0.4) is 0 Å². The Morgan fingerprint density at radius 2 is 2.04 bits per heavy atom. The Bertz CT molecular complexity index is 901. The highest BCUT2D eigenvalue weighted by Gasteiger charge is 2.17. The number of para-hydroxylation sites is 1. The predicted molar refractivity (Wildman–Crippen MR) is 110 cm³/mol. The first-order chi connectivity index (χ1) is 13.5. The van der Waals surface area contributed by atoms with E-state index >= 15 is 0 Å². The zero-order valence-corrected chi connectivity index (χ0v) is 16.8. The number of nitrogens with zero attached hydrogens (tertiary/aromatic N) is 2. The summed E-state index contributed by atoms with van der Waals surface area (Å²) in [6, 6.07) is 6.00. The van der Waals surface area contributed by atoms with Crippen LogP contribution in [0.2, 0.25) is 0 Å². The van der Waals surface area contributed by atoms with E-state index in [1.165, 1.54) is 0 Å². The molecule has 1 aromatic carbocycles. The van der Waals surface area contributed by atoms with Crippen molar-refractivity contribution < 1.29 is 9.53 Å². The van der Waals surface area contributed by atoms with Gasteiger partial charge in [-0.15, -0.1) is 0 Å². The third-order valence-corrected chi connectivity index (χ3v) is 5.13. The fourth-order valence-electron chi connectivity index (χ4n) is 3.46. The Morgan fingerprint density at radius 1 is 1.29 bits per heavy atom. The monoisotopic (exact) mass is 384 g/mol. The molecule has 0 spiro atoms. The molecule has 0 radical (unpaired) electrons. The maximum atomic E-state index is 12.5. The lowest BCUT2D eigenvalue weighted by Crippen LogP contribution is -2.38. The summed E-state index contributed by atoms with van der Waals surface area (Å²) in [5.74, 6) is 0.478. The van der Waals surface area contributed by atoms with Crippen molar-refractivity contribution in [3.8, 4) is 0 Å². The molecule has 2 aromatic rings. The van der Waals surface area contributed by atoms with Crippen molar-refractivity contribution in [2.24, 2.45) is 0 Å². The van der Waals surface area contributed by atoms with E-state index in [1.807, 2.05) is 36.9 Å². The van der Waals surface area contributed by atoms with E-state index in [2.05, 4.69) is 22.2 Å². The number of carbonyl (C=O) groups excluding carboxylic acids is 1. The van der Waals surface area contributed by atoms with Crippen molar-refractivity contribution >= 4 is 17.5 Å². The summed E-state index contributed by atoms with van der Waals surface area (Å²) in [7, 11) is 0. The van der Waals surface area contributed by atoms with Gasteiger partial charge in [-0.1, -0.05) is 25.1 Å². The van der Waals surface area contributed by atoms with Gasteiger partial charge in [-0.2, -0.15) is 0 Å². The van der Waals surface area contributed by atoms with E-state index in [0.717, 1.165) is 23.2 Å². The standard InChI is InChI=1S/C21H28N4O3/c1-4-16-7-5-6-14(2)19(16)23-18(26)9-8-17-15(3)22-21(24-20(17)27)25-10-12-28-13-11-25/h5-7H,4,8-13H2,1-3H3,(H,23,26)(H,22,24,27). The molecule has 7 nitrogen and oxygen atoms in total. The average Bonchev–Trinajstić information content (AvgIpc) is 2.69. The van der Waals surface area contributed by atoms with Crippen LogP contribution in [0, 0.1) is 13.8 Å². The molecule has 2 N–H and O–H groups in total. The Kier molecular flexibility index (Phi) is 6.46. The lowest BCUT2D eigenvalue weighted by molar-refractivity contribution is -0.116. The zero-order valence-electron chi connectivity index (χ0n) is 16.8. The molecule has 1 saturated heterocycles. The average molecular weight is 384 g/mol. The molecule has 1 fully saturated rings. The zero-order chi connectivity index (χ0) is 20.1. The number of hydrogen-bond donors (Lipinski definition) is 2. The molecule has 0 atom stereocenters. The highest BCUT2D eigenvalue weighted by molar-refractivity contribution is 5.92. The number of aromatic nitrogens is 2. The number of rotatable bonds is 6. The van der Waals surface area contributed by atoms with Crippen molar-refractivity contribution in [2.45, 2.75) is 40.0 Å². The van der Waals surface area contributed by atoms with Gasteiger partial charge in [0.25, 0.3) is 5.56 Å². The van der Waals surface area contributed by atoms with Gasteiger partial charge in [0.2, 0.25) is 11.9 Å². The number of hydrogen-bond acceptors (Lipinski definition) is 5. The first-order valence-electron chi connectivity index (χ1n) is 9.80. The molecule has 0 aliphatic carbocycles. The van der Waals surface area contributed by atoms with E-state index < -0.39 is 0 Å². The number of aromatic amines is 1. The molecule has 150 valence electrons. The van der Waals surface area contributed by atoms with Crippen LogP contribution in [0.1, 0.15) is 35.7 Å². The summed E-state index contributed by atoms with van der Waals surface area (Å²) < 4.78 is 5.34. The molecular formula is C21H28N4O3. The Balaban J connectivity index is 1.67. The van der Waals surface area contributed by atoms with Crippen molar-refractivity contribution in [2.75, 3.05) is 36.5 Å². The third kappa shape index (κ3) is 4.59. The highest BCUT2D eigenvalue weighted by atomic mass is 16.5. The second-order valence-corrected chi connectivity index (χ2v) is 7.06. The number of amides is 1. The SMILES string of the molecule is CCc1cccc(C)c1NC(=O)CCc1c(C)nc(N2CCOCC2)[nH]c1=O. The topological polar surface area (TPSA) is 87.3 Å². The van der Waals surface area contributed by atoms with Gasteiger partial charge in [0, 0.05) is 36.5 Å². The molecule has 1 amide bonds. The molecule has 28 heavy (non-hydrogen) atoms. The van der Waals surface area contributed by atoms with Gasteiger partial charge in [-0.25, -0.2) is 4.98 Å². The highest BCUT2D eigenvalue weighted by Crippen LogP contribution is 2.21. The van der Waals surface area contributed by atoms with Gasteiger partial charge in [-0.3, -0.25) is 14.6 Å². The summed E-state index contributed by atoms with van der Waals surface area (Å²) in [6.45, 7) is 8.54. The normalized spacial score (nSPS) is 14.2. The van der Waals surface area contributed by atoms with Crippen LogP contribution in [0.4, 0.5) is 11.6 Å². The summed E-state index contributed by atoms with van der Waals surface area (Å²) >= 11 is 0. The first kappa shape index (κ1) is 20.1. The maximum absolute atomic E-state index is 12.5. The summed E-state index contributed by atoms with van der Waals surface area (Å²) in [5, 5.41) is 3.01. The number of benzene rings is 1. The number of carbonyl (C=O) groups is 1. The minimum Gasteiger partial charge on any atom is -0.378 e. The van der Waals surface area contributed by atoms with Crippen LogP contribution in [-0.4, -0.2) is 42.2 Å². The minimum atomic E-state index is -0.174. The molecule has 0 bridgehead atoms. The fraction of sp³-hybridized carbons (Fsp3) is 0.476. The van der Waals surface area contributed by atoms with E-state index in [1.54, 1.807) is 0 Å². The van der Waals surface area contributed by atoms with Crippen LogP contribution in [0.25, 0.3) is 0 Å². The van der Waals surface area contributed by atoms with Crippen LogP contribution >= 0.6 is 0 Å². The number of morpholine rings is 1. The van der Waals surface area contributed by atoms with Crippen molar-refractivity contribution in [3.63, 3.8) is 0 Å². The summed E-state index contributed by atoms with van der Waals surface area (Å²) in [4.78, 5) is 34.4. The first-order valence-corrected chi connectivity index (χ1v) is 9.80. The van der Waals surface area contributed by atoms with Crippen LogP contribution < -0.4 is 15.8 Å². The van der Waals surface area contributed by atoms with Crippen molar-refractivity contribution in [3.05, 3.63) is 50.9 Å². The minimum absolute atomic E-state index is 0.0972. The molecule has 3 rings (SSSR count). The van der Waals surface area contributed by atoms with Gasteiger partial charge >= 0.3 is 0 Å². The Hall–Kier alpha value is -2.67. The van der Waals surface area contributed by atoms with E-state index in [0.29, 0.717) is 49.9 Å². The number of aryl methyl sites for hydroxylation is 3. The Morgan fingerprint density at radius 3 is 2.71 bits per heavy atom. The van der Waals surface area contributed by atoms with Crippen molar-refractivity contribution in [1.29, 1.82) is 0 Å². The molecule has 0 unspecified atom stereocenters. The van der Waals surface area contributed by atoms with E-state index in [4.69, 9.17) is 4.74 Å². The Labute approximate surface area is 165 Å². The third-order valence-electron chi connectivity index (χ3n) is 5.13. The van der Waals surface area contributed by atoms with Crippen LogP contribution in [0.5, 0.6) is 0 Å². The molecular weight excluding hydrogens is 356 g/mol. The van der Waals surface area contributed by atoms with Gasteiger partial charge < -0.3 is 15.0 Å². The van der Waals surface area contributed by atoms with Crippen LogP contribution in [-0.2, 0) is 22.4 Å². The van der Waals surface area contributed by atoms with Gasteiger partial charge in [0.05, 0.1) is 13.2 Å². The lowest BCUT2D eigenvalue weighted by Gasteiger charge is -2.27. The molecule has 2 heterocycles. The molecule has 1 aliphatic rings. The predicted octanol–water partition coefficient (Wildman–Crippen LogP) is 2.36. The summed E-state index contributed by atoms with van der Waals surface area (Å²) in [5.41, 5.74) is 4.08. The van der Waals surface area contributed by atoms with Crippen molar-refractivity contribution in [1.82, 2.24) is 9.97 Å². The van der Waals surface area contributed by atoms with Crippen LogP contribution in [0.15, 0.2) is 23.0 Å². The fourth-order valence-corrected chi connectivity index (χ4v) is 3.46. The second-order valence-electron chi connectivity index (χ2n) is 7.06. The lowest BCUT2D eigenvalue weighted by atomic mass is 10.1. The second kappa shape index (κ2) is 9.01. The van der Waals surface area contributed by atoms with Gasteiger partial charge in [0.15, 0.2) is 0 Å². The molecule has 1 aromatic heterocycles. The number of H-pyrrole nitrogens is 1. The van der Waals surface area contributed by atoms with E-state index in [-0.39, 0.29) is 17.9 Å². The summed E-state index contributed by atoms with van der Waals surface area (Å²) in [6.07, 6.45) is 1.44. The number of anilines is 2. The van der Waals surface area contributed by atoms with Gasteiger partial charge in [0.1, 0.15) is 0 Å². The quantitative estimate of drug-likeness (QED) is 0.798.